The lowest BCUT2D eigenvalue weighted by Gasteiger charge is -2.23. The molecule has 1 fully saturated rings. The average Bonchev–Trinajstić information content (AvgIpc) is 2.79. The summed E-state index contributed by atoms with van der Waals surface area (Å²) in [7, 11) is 0. The Bertz CT molecular complexity index is 1090. The van der Waals surface area contributed by atoms with Gasteiger partial charge in [0.2, 0.25) is 0 Å². The van der Waals surface area contributed by atoms with Crippen molar-refractivity contribution in [2.24, 2.45) is 0 Å². The molecule has 3 rings (SSSR count). The van der Waals surface area contributed by atoms with E-state index in [4.69, 9.17) is 0 Å². The Kier molecular flexibility index (Phi) is 7.98. The van der Waals surface area contributed by atoms with Crippen LogP contribution in [-0.2, 0) is 0 Å². The van der Waals surface area contributed by atoms with Crippen molar-refractivity contribution < 1.29 is 5.11 Å². The van der Waals surface area contributed by atoms with E-state index in [-0.39, 0.29) is 5.76 Å². The number of aliphatic hydroxyl groups excluding tert-OH is 1. The molecule has 0 bridgehead atoms. The van der Waals surface area contributed by atoms with Crippen LogP contribution in [0.15, 0.2) is 78.6 Å². The van der Waals surface area contributed by atoms with E-state index in [2.05, 4.69) is 79.6 Å². The third-order valence-corrected chi connectivity index (χ3v) is 5.56. The number of aryl methyl sites for hydroxylation is 1. The molecule has 0 spiro atoms. The highest BCUT2D eigenvalue weighted by molar-refractivity contribution is 5.53. The summed E-state index contributed by atoms with van der Waals surface area (Å²) < 4.78 is 0. The standard InChI is InChI=1S/C30H30O/c1-4-25(15-12-24(3)31)18-20-29-21-19-27(17-16-26-13-10-23(2)11-14-26)22-30(29)28-8-6-5-7-9-28/h4,10-15,19,21-22,28,31H,1,5-9H2,2-3H3/b24-12+,25-15+. The van der Waals surface area contributed by atoms with Crippen molar-refractivity contribution in [1.29, 1.82) is 0 Å². The third kappa shape index (κ3) is 6.80. The summed E-state index contributed by atoms with van der Waals surface area (Å²) in [5.41, 5.74) is 6.45. The molecule has 1 aliphatic rings. The van der Waals surface area contributed by atoms with Gasteiger partial charge in [-0.05, 0) is 80.7 Å². The van der Waals surface area contributed by atoms with E-state index in [1.54, 1.807) is 25.2 Å². The van der Waals surface area contributed by atoms with Gasteiger partial charge in [-0.1, -0.05) is 73.3 Å². The van der Waals surface area contributed by atoms with E-state index in [9.17, 15) is 5.11 Å². The minimum Gasteiger partial charge on any atom is -0.513 e. The largest absolute Gasteiger partial charge is 0.513 e. The molecule has 0 aromatic heterocycles. The number of allylic oxidation sites excluding steroid dienone is 5. The van der Waals surface area contributed by atoms with E-state index < -0.39 is 0 Å². The van der Waals surface area contributed by atoms with Crippen molar-refractivity contribution in [2.75, 3.05) is 0 Å². The van der Waals surface area contributed by atoms with E-state index in [1.165, 1.54) is 43.2 Å². The Labute approximate surface area is 187 Å². The van der Waals surface area contributed by atoms with E-state index in [0.717, 1.165) is 22.3 Å². The van der Waals surface area contributed by atoms with Crippen LogP contribution in [0, 0.1) is 30.6 Å². The molecule has 1 saturated carbocycles. The van der Waals surface area contributed by atoms with Gasteiger partial charge in [-0.25, -0.2) is 0 Å². The molecule has 156 valence electrons. The van der Waals surface area contributed by atoms with Gasteiger partial charge in [0.15, 0.2) is 0 Å². The maximum Gasteiger partial charge on any atom is 0.0892 e. The van der Waals surface area contributed by atoms with Crippen LogP contribution in [-0.4, -0.2) is 5.11 Å². The molecule has 1 N–H and O–H groups in total. The van der Waals surface area contributed by atoms with Crippen LogP contribution in [0.25, 0.3) is 0 Å². The molecule has 0 unspecified atom stereocenters. The number of hydrogen-bond acceptors (Lipinski definition) is 1. The van der Waals surface area contributed by atoms with Crippen molar-refractivity contribution in [3.05, 3.63) is 106 Å². The van der Waals surface area contributed by atoms with Gasteiger partial charge in [-0.2, -0.15) is 0 Å². The maximum absolute atomic E-state index is 9.39. The van der Waals surface area contributed by atoms with Crippen LogP contribution in [0.4, 0.5) is 0 Å². The summed E-state index contributed by atoms with van der Waals surface area (Å²) in [6, 6.07) is 14.7. The second-order valence-electron chi connectivity index (χ2n) is 8.14. The Morgan fingerprint density at radius 1 is 0.935 bits per heavy atom. The van der Waals surface area contributed by atoms with Gasteiger partial charge in [-0.3, -0.25) is 0 Å². The molecule has 2 aromatic rings. The molecule has 0 atom stereocenters. The van der Waals surface area contributed by atoms with Gasteiger partial charge in [0, 0.05) is 22.3 Å². The fourth-order valence-corrected chi connectivity index (χ4v) is 3.80. The summed E-state index contributed by atoms with van der Waals surface area (Å²) in [6.07, 6.45) is 11.4. The quantitative estimate of drug-likeness (QED) is 0.320. The highest BCUT2D eigenvalue weighted by Crippen LogP contribution is 2.34. The van der Waals surface area contributed by atoms with E-state index >= 15 is 0 Å². The first kappa shape index (κ1) is 22.3. The summed E-state index contributed by atoms with van der Waals surface area (Å²) in [4.78, 5) is 0. The predicted molar refractivity (Wildman–Crippen MR) is 131 cm³/mol. The van der Waals surface area contributed by atoms with Gasteiger partial charge in [0.1, 0.15) is 0 Å². The third-order valence-electron chi connectivity index (χ3n) is 5.56. The zero-order chi connectivity index (χ0) is 22.1. The van der Waals surface area contributed by atoms with Gasteiger partial charge >= 0.3 is 0 Å². The van der Waals surface area contributed by atoms with Crippen LogP contribution in [0.1, 0.15) is 72.8 Å². The van der Waals surface area contributed by atoms with Crippen LogP contribution < -0.4 is 0 Å². The zero-order valence-corrected chi connectivity index (χ0v) is 18.5. The topological polar surface area (TPSA) is 20.2 Å². The Morgan fingerprint density at radius 3 is 2.29 bits per heavy atom. The molecule has 1 nitrogen and oxygen atoms in total. The minimum absolute atomic E-state index is 0.251. The van der Waals surface area contributed by atoms with Crippen LogP contribution in [0.2, 0.25) is 0 Å². The maximum atomic E-state index is 9.39. The first-order valence-corrected chi connectivity index (χ1v) is 11.0. The lowest BCUT2D eigenvalue weighted by molar-refractivity contribution is 0.414. The van der Waals surface area contributed by atoms with Gasteiger partial charge < -0.3 is 5.11 Å². The molecule has 1 heteroatoms. The molecule has 0 heterocycles. The zero-order valence-electron chi connectivity index (χ0n) is 18.5. The first-order chi connectivity index (χ1) is 15.0. The number of rotatable bonds is 3. The average molecular weight is 407 g/mol. The molecular formula is C30H30O. The summed E-state index contributed by atoms with van der Waals surface area (Å²) >= 11 is 0. The van der Waals surface area contributed by atoms with Crippen molar-refractivity contribution in [2.45, 2.75) is 51.9 Å². The van der Waals surface area contributed by atoms with E-state index in [1.807, 2.05) is 0 Å². The molecular weight excluding hydrogens is 376 g/mol. The van der Waals surface area contributed by atoms with Crippen molar-refractivity contribution in [3.8, 4) is 23.7 Å². The Balaban J connectivity index is 1.95. The highest BCUT2D eigenvalue weighted by Gasteiger charge is 2.18. The summed E-state index contributed by atoms with van der Waals surface area (Å²) in [5.74, 6) is 14.0. The second-order valence-corrected chi connectivity index (χ2v) is 8.14. The molecule has 0 amide bonds. The monoisotopic (exact) mass is 406 g/mol. The first-order valence-electron chi connectivity index (χ1n) is 11.0. The molecule has 0 saturated heterocycles. The minimum atomic E-state index is 0.251. The van der Waals surface area contributed by atoms with Crippen LogP contribution in [0.3, 0.4) is 0 Å². The Hall–Kier alpha value is -3.42. The second kappa shape index (κ2) is 11.1. The number of aliphatic hydroxyl groups is 1. The molecule has 0 radical (unpaired) electrons. The molecule has 0 aliphatic heterocycles. The Morgan fingerprint density at radius 2 is 1.61 bits per heavy atom. The normalized spacial score (nSPS) is 14.8. The fraction of sp³-hybridized carbons (Fsp3) is 0.267. The molecule has 31 heavy (non-hydrogen) atoms. The molecule has 1 aliphatic carbocycles. The van der Waals surface area contributed by atoms with E-state index in [0.29, 0.717) is 5.92 Å². The highest BCUT2D eigenvalue weighted by atomic mass is 16.3. The SMILES string of the molecule is C=C/C(C#Cc1ccc(C#Cc2ccc(C)cc2)cc1C1CCCCC1)=C\C=C(/C)O. The fourth-order valence-electron chi connectivity index (χ4n) is 3.80. The lowest BCUT2D eigenvalue weighted by Crippen LogP contribution is -2.06. The van der Waals surface area contributed by atoms with Crippen LogP contribution in [0.5, 0.6) is 0 Å². The number of benzene rings is 2. The van der Waals surface area contributed by atoms with Crippen molar-refractivity contribution >= 4 is 0 Å². The smallest absolute Gasteiger partial charge is 0.0892 e. The predicted octanol–water partition coefficient (Wildman–Crippen LogP) is 7.37. The van der Waals surface area contributed by atoms with Crippen molar-refractivity contribution in [3.63, 3.8) is 0 Å². The summed E-state index contributed by atoms with van der Waals surface area (Å²) in [5, 5.41) is 9.39. The van der Waals surface area contributed by atoms with Gasteiger partial charge in [-0.15, -0.1) is 0 Å². The van der Waals surface area contributed by atoms with Gasteiger partial charge in [0.05, 0.1) is 5.76 Å². The number of hydrogen-bond donors (Lipinski definition) is 1. The lowest BCUT2D eigenvalue weighted by atomic mass is 9.81. The van der Waals surface area contributed by atoms with Crippen LogP contribution >= 0.6 is 0 Å². The summed E-state index contributed by atoms with van der Waals surface area (Å²) in [6.45, 7) is 7.56. The van der Waals surface area contributed by atoms with Crippen molar-refractivity contribution in [1.82, 2.24) is 0 Å². The van der Waals surface area contributed by atoms with Gasteiger partial charge in [0.25, 0.3) is 0 Å². The molecule has 2 aromatic carbocycles.